The van der Waals surface area contributed by atoms with Gasteiger partial charge in [-0.15, -0.1) is 11.3 Å². The quantitative estimate of drug-likeness (QED) is 0.895. The van der Waals surface area contributed by atoms with Crippen molar-refractivity contribution in [3.05, 3.63) is 44.7 Å². The molecule has 0 spiro atoms. The molecule has 0 aliphatic carbocycles. The summed E-state index contributed by atoms with van der Waals surface area (Å²) in [6, 6.07) is 6.90. The van der Waals surface area contributed by atoms with Gasteiger partial charge in [0.25, 0.3) is 0 Å². The van der Waals surface area contributed by atoms with Crippen LogP contribution in [0.1, 0.15) is 11.8 Å². The predicted molar refractivity (Wildman–Crippen MR) is 88.1 cm³/mol. The van der Waals surface area contributed by atoms with Crippen molar-refractivity contribution in [1.82, 2.24) is 9.88 Å². The lowest BCUT2D eigenvalue weighted by atomic mass is 10.2. The van der Waals surface area contributed by atoms with Crippen molar-refractivity contribution in [2.75, 3.05) is 12.4 Å². The van der Waals surface area contributed by atoms with Crippen molar-refractivity contribution in [2.24, 2.45) is 0 Å². The number of pyridine rings is 1. The summed E-state index contributed by atoms with van der Waals surface area (Å²) in [6.45, 7) is 2.51. The molecule has 1 atom stereocenters. The van der Waals surface area contributed by atoms with E-state index >= 15 is 0 Å². The molecule has 0 aliphatic rings. The van der Waals surface area contributed by atoms with Gasteiger partial charge in [-0.05, 0) is 38.2 Å². The van der Waals surface area contributed by atoms with Crippen LogP contribution in [0.15, 0.2) is 30.5 Å². The van der Waals surface area contributed by atoms with Gasteiger partial charge in [0.05, 0.1) is 15.4 Å². The number of nitrogens with one attached hydrogen (secondary N) is 1. The maximum Gasteiger partial charge on any atom is 0.242 e. The van der Waals surface area contributed by atoms with Crippen molar-refractivity contribution in [2.45, 2.75) is 19.5 Å². The van der Waals surface area contributed by atoms with E-state index in [-0.39, 0.29) is 11.9 Å². The zero-order valence-electron chi connectivity index (χ0n) is 11.6. The molecule has 2 aromatic heterocycles. The molecule has 0 aromatic carbocycles. The van der Waals surface area contributed by atoms with E-state index in [4.69, 9.17) is 23.2 Å². The van der Waals surface area contributed by atoms with E-state index in [0.29, 0.717) is 17.4 Å². The fourth-order valence-electron chi connectivity index (χ4n) is 1.70. The second kappa shape index (κ2) is 7.22. The van der Waals surface area contributed by atoms with Crippen LogP contribution in [0.25, 0.3) is 0 Å². The molecule has 0 saturated heterocycles. The third-order valence-electron chi connectivity index (χ3n) is 3.05. The Labute approximate surface area is 137 Å². The number of anilines is 1. The Morgan fingerprint density at radius 3 is 2.71 bits per heavy atom. The Morgan fingerprint density at radius 1 is 1.38 bits per heavy atom. The number of carbonyl (C=O) groups is 1. The largest absolute Gasteiger partial charge is 0.309 e. The molecule has 0 aliphatic heterocycles. The smallest absolute Gasteiger partial charge is 0.242 e. The van der Waals surface area contributed by atoms with Gasteiger partial charge >= 0.3 is 0 Å². The lowest BCUT2D eigenvalue weighted by Crippen LogP contribution is -2.39. The summed E-state index contributed by atoms with van der Waals surface area (Å²) in [6.07, 6.45) is 1.50. The van der Waals surface area contributed by atoms with Gasteiger partial charge < -0.3 is 5.32 Å². The number of nitrogens with zero attached hydrogens (tertiary/aromatic N) is 2. The molecule has 0 fully saturated rings. The summed E-state index contributed by atoms with van der Waals surface area (Å²) in [7, 11) is 1.90. The van der Waals surface area contributed by atoms with E-state index in [0.717, 1.165) is 9.21 Å². The van der Waals surface area contributed by atoms with Gasteiger partial charge in [0.15, 0.2) is 0 Å². The van der Waals surface area contributed by atoms with E-state index in [9.17, 15) is 4.79 Å². The van der Waals surface area contributed by atoms with Gasteiger partial charge in [-0.1, -0.05) is 23.2 Å². The lowest BCUT2D eigenvalue weighted by Gasteiger charge is -2.23. The number of thiophene rings is 1. The first-order valence-corrected chi connectivity index (χ1v) is 7.90. The molecule has 1 N–H and O–H groups in total. The number of aromatic nitrogens is 1. The van der Waals surface area contributed by atoms with Crippen LogP contribution < -0.4 is 5.32 Å². The summed E-state index contributed by atoms with van der Waals surface area (Å²) in [5.74, 6) is 0.374. The molecule has 2 aromatic rings. The van der Waals surface area contributed by atoms with Crippen LogP contribution in [0.3, 0.4) is 0 Å². The van der Waals surface area contributed by atoms with Crippen molar-refractivity contribution < 1.29 is 4.79 Å². The SMILES string of the molecule is C[C@@H](C(=O)Nc1ccc(Cl)cn1)N(C)Cc1ccc(Cl)s1. The van der Waals surface area contributed by atoms with Crippen molar-refractivity contribution in [3.63, 3.8) is 0 Å². The van der Waals surface area contributed by atoms with Gasteiger partial charge in [-0.3, -0.25) is 9.69 Å². The zero-order chi connectivity index (χ0) is 15.4. The first-order valence-electron chi connectivity index (χ1n) is 6.32. The second-order valence-electron chi connectivity index (χ2n) is 4.65. The molecule has 7 heteroatoms. The standard InChI is InChI=1S/C14H15Cl2N3OS/c1-9(19(2)8-11-4-5-12(16)21-11)14(20)18-13-6-3-10(15)7-17-13/h3-7,9H,8H2,1-2H3,(H,17,18,20)/t9-/m0/s1. The van der Waals surface area contributed by atoms with Gasteiger partial charge in [0, 0.05) is 17.6 Å². The van der Waals surface area contributed by atoms with E-state index in [2.05, 4.69) is 10.3 Å². The molecule has 21 heavy (non-hydrogen) atoms. The van der Waals surface area contributed by atoms with E-state index in [1.165, 1.54) is 17.5 Å². The summed E-state index contributed by atoms with van der Waals surface area (Å²) >= 11 is 13.2. The maximum absolute atomic E-state index is 12.2. The highest BCUT2D eigenvalue weighted by molar-refractivity contribution is 7.16. The van der Waals surface area contributed by atoms with Crippen LogP contribution in [0.2, 0.25) is 9.36 Å². The summed E-state index contributed by atoms with van der Waals surface area (Å²) < 4.78 is 0.751. The Bertz CT molecular complexity index is 615. The van der Waals surface area contributed by atoms with Crippen molar-refractivity contribution in [3.8, 4) is 0 Å². The fraction of sp³-hybridized carbons (Fsp3) is 0.286. The number of carbonyl (C=O) groups excluding carboxylic acids is 1. The maximum atomic E-state index is 12.2. The Balaban J connectivity index is 1.93. The van der Waals surface area contributed by atoms with Crippen LogP contribution >= 0.6 is 34.5 Å². The minimum absolute atomic E-state index is 0.116. The third kappa shape index (κ3) is 4.68. The van der Waals surface area contributed by atoms with Gasteiger partial charge in [-0.25, -0.2) is 4.98 Å². The topological polar surface area (TPSA) is 45.2 Å². The van der Waals surface area contributed by atoms with Crippen LogP contribution in [0, 0.1) is 0 Å². The molecular formula is C14H15Cl2N3OS. The number of rotatable bonds is 5. The predicted octanol–water partition coefficient (Wildman–Crippen LogP) is 3.91. The van der Waals surface area contributed by atoms with E-state index in [1.54, 1.807) is 12.1 Å². The van der Waals surface area contributed by atoms with Gasteiger partial charge in [0.2, 0.25) is 5.91 Å². The lowest BCUT2D eigenvalue weighted by molar-refractivity contribution is -0.120. The first-order chi connectivity index (χ1) is 9.95. The summed E-state index contributed by atoms with van der Waals surface area (Å²) in [5, 5.41) is 3.30. The minimum Gasteiger partial charge on any atom is -0.309 e. The number of amides is 1. The van der Waals surface area contributed by atoms with E-state index < -0.39 is 0 Å². The highest BCUT2D eigenvalue weighted by Gasteiger charge is 2.19. The summed E-state index contributed by atoms with van der Waals surface area (Å²) in [4.78, 5) is 19.3. The normalized spacial score (nSPS) is 12.4. The number of halogens is 2. The second-order valence-corrected chi connectivity index (χ2v) is 6.88. The zero-order valence-corrected chi connectivity index (χ0v) is 14.0. The van der Waals surface area contributed by atoms with E-state index in [1.807, 2.05) is 31.0 Å². The highest BCUT2D eigenvalue weighted by atomic mass is 35.5. The van der Waals surface area contributed by atoms with Gasteiger partial charge in [0.1, 0.15) is 5.82 Å². The average molecular weight is 344 g/mol. The molecule has 2 heterocycles. The molecular weight excluding hydrogens is 329 g/mol. The van der Waals surface area contributed by atoms with Crippen LogP contribution in [0.5, 0.6) is 0 Å². The fourth-order valence-corrected chi connectivity index (χ4v) is 2.96. The molecule has 2 rings (SSSR count). The Kier molecular flexibility index (Phi) is 5.58. The van der Waals surface area contributed by atoms with Crippen LogP contribution in [-0.4, -0.2) is 28.9 Å². The molecule has 1 amide bonds. The number of hydrogen-bond acceptors (Lipinski definition) is 4. The van der Waals surface area contributed by atoms with Crippen LogP contribution in [0.4, 0.5) is 5.82 Å². The van der Waals surface area contributed by atoms with Crippen molar-refractivity contribution >= 4 is 46.3 Å². The molecule has 0 saturated carbocycles. The monoisotopic (exact) mass is 343 g/mol. The molecule has 0 radical (unpaired) electrons. The molecule has 0 unspecified atom stereocenters. The number of likely N-dealkylation sites (N-methyl/N-ethyl adjacent to an activating group) is 1. The average Bonchev–Trinajstić information content (AvgIpc) is 2.85. The molecule has 0 bridgehead atoms. The Hall–Kier alpha value is -1.14. The summed E-state index contributed by atoms with van der Waals surface area (Å²) in [5.41, 5.74) is 0. The molecule has 4 nitrogen and oxygen atoms in total. The third-order valence-corrected chi connectivity index (χ3v) is 4.49. The van der Waals surface area contributed by atoms with Crippen LogP contribution in [-0.2, 0) is 11.3 Å². The Morgan fingerprint density at radius 2 is 2.14 bits per heavy atom. The minimum atomic E-state index is -0.289. The van der Waals surface area contributed by atoms with Crippen molar-refractivity contribution in [1.29, 1.82) is 0 Å². The molecule has 112 valence electrons. The first kappa shape index (κ1) is 16.2. The van der Waals surface area contributed by atoms with Gasteiger partial charge in [-0.2, -0.15) is 0 Å². The number of hydrogen-bond donors (Lipinski definition) is 1. The highest BCUT2D eigenvalue weighted by Crippen LogP contribution is 2.23.